The molecule has 0 amide bonds. The van der Waals surface area contributed by atoms with Crippen molar-refractivity contribution in [2.45, 2.75) is 25.3 Å². The highest BCUT2D eigenvalue weighted by Crippen LogP contribution is 2.23. The molecule has 0 saturated heterocycles. The number of nitrogens with two attached hydrogens (primary N) is 1. The predicted octanol–water partition coefficient (Wildman–Crippen LogP) is 1.17. The summed E-state index contributed by atoms with van der Waals surface area (Å²) in [4.78, 5) is 0.308. The number of nitrogens with zero attached hydrogens (tertiary/aromatic N) is 1. The van der Waals surface area contributed by atoms with Gasteiger partial charge >= 0.3 is 10.2 Å². The van der Waals surface area contributed by atoms with E-state index in [2.05, 4.69) is 4.72 Å². The second-order valence-corrected chi connectivity index (χ2v) is 6.67. The first-order valence-corrected chi connectivity index (χ1v) is 7.97. The molecule has 0 aromatic heterocycles. The van der Waals surface area contributed by atoms with Crippen molar-refractivity contribution in [2.24, 2.45) is 5.73 Å². The van der Waals surface area contributed by atoms with Crippen LogP contribution < -0.4 is 14.8 Å². The second kappa shape index (κ2) is 5.85. The van der Waals surface area contributed by atoms with E-state index in [4.69, 9.17) is 18.0 Å². The molecule has 0 heterocycles. The van der Waals surface area contributed by atoms with Gasteiger partial charge < -0.3 is 5.73 Å². The summed E-state index contributed by atoms with van der Waals surface area (Å²) < 4.78 is 28.6. The number of nitrogens with one attached hydrogen (secondary N) is 1. The van der Waals surface area contributed by atoms with Crippen LogP contribution in [0.4, 0.5) is 5.69 Å². The van der Waals surface area contributed by atoms with Gasteiger partial charge in [-0.05, 0) is 25.0 Å². The molecule has 0 spiro atoms. The summed E-state index contributed by atoms with van der Waals surface area (Å²) in [6.07, 6.45) is 2.16. The Bertz CT molecular complexity index is 541. The molecule has 1 aromatic carbocycles. The van der Waals surface area contributed by atoms with E-state index < -0.39 is 10.2 Å². The van der Waals surface area contributed by atoms with Crippen molar-refractivity contribution in [3.8, 4) is 0 Å². The minimum absolute atomic E-state index is 0.0704. The Morgan fingerprint density at radius 3 is 2.53 bits per heavy atom. The first-order chi connectivity index (χ1) is 8.99. The topological polar surface area (TPSA) is 75.4 Å². The Kier molecular flexibility index (Phi) is 4.38. The van der Waals surface area contributed by atoms with E-state index in [1.807, 2.05) is 6.07 Å². The fraction of sp³-hybridized carbons (Fsp3) is 0.417. The average molecular weight is 299 g/mol. The molecule has 1 fully saturated rings. The number of rotatable bonds is 7. The smallest absolute Gasteiger partial charge is 0.301 e. The highest BCUT2D eigenvalue weighted by Gasteiger charge is 2.31. The van der Waals surface area contributed by atoms with Gasteiger partial charge in [0.15, 0.2) is 0 Å². The average Bonchev–Trinajstić information content (AvgIpc) is 3.13. The molecule has 19 heavy (non-hydrogen) atoms. The number of anilines is 1. The normalized spacial score (nSPS) is 15.2. The number of benzene rings is 1. The summed E-state index contributed by atoms with van der Waals surface area (Å²) in [5, 5.41) is 0. The third-order valence-corrected chi connectivity index (χ3v) is 4.60. The Labute approximate surface area is 119 Å². The molecular weight excluding hydrogens is 282 g/mol. The number of hydrogen-bond acceptors (Lipinski definition) is 3. The molecule has 104 valence electrons. The van der Waals surface area contributed by atoms with Crippen LogP contribution >= 0.6 is 12.2 Å². The highest BCUT2D eigenvalue weighted by molar-refractivity contribution is 7.90. The van der Waals surface area contributed by atoms with Crippen LogP contribution in [-0.4, -0.2) is 26.0 Å². The highest BCUT2D eigenvalue weighted by atomic mass is 32.2. The monoisotopic (exact) mass is 299 g/mol. The van der Waals surface area contributed by atoms with Gasteiger partial charge in [0.2, 0.25) is 0 Å². The first kappa shape index (κ1) is 14.2. The minimum Gasteiger partial charge on any atom is -0.393 e. The van der Waals surface area contributed by atoms with Gasteiger partial charge in [0, 0.05) is 19.0 Å². The summed E-state index contributed by atoms with van der Waals surface area (Å²) in [7, 11) is -3.54. The van der Waals surface area contributed by atoms with Gasteiger partial charge in [-0.15, -0.1) is 0 Å². The SMILES string of the molecule is NC(=S)CCN(c1ccccc1)S(=O)(=O)NC1CC1. The molecule has 1 aliphatic rings. The lowest BCUT2D eigenvalue weighted by atomic mass is 10.3. The molecule has 1 aromatic rings. The van der Waals surface area contributed by atoms with Crippen LogP contribution in [0, 0.1) is 0 Å². The molecular formula is C12H17N3O2S2. The van der Waals surface area contributed by atoms with Crippen molar-refractivity contribution < 1.29 is 8.42 Å². The predicted molar refractivity (Wildman–Crippen MR) is 80.3 cm³/mol. The van der Waals surface area contributed by atoms with Crippen LogP contribution in [0.2, 0.25) is 0 Å². The Morgan fingerprint density at radius 1 is 1.37 bits per heavy atom. The third-order valence-electron chi connectivity index (χ3n) is 2.79. The Morgan fingerprint density at radius 2 is 2.00 bits per heavy atom. The van der Waals surface area contributed by atoms with Crippen LogP contribution in [-0.2, 0) is 10.2 Å². The molecule has 0 bridgehead atoms. The van der Waals surface area contributed by atoms with Gasteiger partial charge in [-0.2, -0.15) is 13.1 Å². The summed E-state index contributed by atoms with van der Waals surface area (Å²) in [6.45, 7) is 0.251. The van der Waals surface area contributed by atoms with Crippen molar-refractivity contribution in [1.82, 2.24) is 4.72 Å². The molecule has 1 aliphatic carbocycles. The molecule has 2 rings (SSSR count). The standard InChI is InChI=1S/C12H17N3O2S2/c13-12(18)8-9-15(11-4-2-1-3-5-11)19(16,17)14-10-6-7-10/h1-5,10,14H,6-9H2,(H2,13,18). The maximum atomic E-state index is 12.3. The van der Waals surface area contributed by atoms with E-state index in [0.717, 1.165) is 12.8 Å². The maximum absolute atomic E-state index is 12.3. The molecule has 0 aliphatic heterocycles. The first-order valence-electron chi connectivity index (χ1n) is 6.12. The lowest BCUT2D eigenvalue weighted by molar-refractivity contribution is 0.576. The Hall–Kier alpha value is -1.18. The van der Waals surface area contributed by atoms with Gasteiger partial charge in [0.1, 0.15) is 0 Å². The van der Waals surface area contributed by atoms with Gasteiger partial charge in [0.25, 0.3) is 0 Å². The summed E-state index contributed by atoms with van der Waals surface area (Å²) in [6, 6.07) is 9.03. The van der Waals surface area contributed by atoms with Crippen molar-refractivity contribution in [3.05, 3.63) is 30.3 Å². The van der Waals surface area contributed by atoms with Crippen molar-refractivity contribution >= 4 is 33.1 Å². The van der Waals surface area contributed by atoms with Crippen LogP contribution in [0.3, 0.4) is 0 Å². The van der Waals surface area contributed by atoms with Gasteiger partial charge in [-0.1, -0.05) is 30.4 Å². The van der Waals surface area contributed by atoms with Crippen molar-refractivity contribution in [2.75, 3.05) is 10.8 Å². The lowest BCUT2D eigenvalue weighted by Crippen LogP contribution is -2.43. The van der Waals surface area contributed by atoms with E-state index in [-0.39, 0.29) is 12.6 Å². The van der Waals surface area contributed by atoms with E-state index >= 15 is 0 Å². The van der Waals surface area contributed by atoms with E-state index in [9.17, 15) is 8.42 Å². The second-order valence-electron chi connectivity index (χ2n) is 4.52. The van der Waals surface area contributed by atoms with E-state index in [1.54, 1.807) is 24.3 Å². The molecule has 1 saturated carbocycles. The summed E-state index contributed by atoms with van der Waals surface area (Å²) in [5.74, 6) is 0. The maximum Gasteiger partial charge on any atom is 0.301 e. The van der Waals surface area contributed by atoms with Gasteiger partial charge in [0.05, 0.1) is 10.7 Å². The molecule has 0 atom stereocenters. The quantitative estimate of drug-likeness (QED) is 0.741. The zero-order valence-electron chi connectivity index (χ0n) is 10.5. The number of hydrogen-bond donors (Lipinski definition) is 2. The van der Waals surface area contributed by atoms with Crippen LogP contribution in [0.15, 0.2) is 30.3 Å². The fourth-order valence-corrected chi connectivity index (χ4v) is 3.28. The van der Waals surface area contributed by atoms with Crippen LogP contribution in [0.1, 0.15) is 19.3 Å². The zero-order valence-corrected chi connectivity index (χ0v) is 12.1. The van der Waals surface area contributed by atoms with Gasteiger partial charge in [-0.25, -0.2) is 0 Å². The van der Waals surface area contributed by atoms with Crippen molar-refractivity contribution in [3.63, 3.8) is 0 Å². The number of para-hydroxylation sites is 1. The minimum atomic E-state index is -3.54. The molecule has 3 N–H and O–H groups in total. The Balaban J connectivity index is 2.20. The molecule has 0 unspecified atom stereocenters. The largest absolute Gasteiger partial charge is 0.393 e. The van der Waals surface area contributed by atoms with Crippen molar-refractivity contribution in [1.29, 1.82) is 0 Å². The lowest BCUT2D eigenvalue weighted by Gasteiger charge is -2.24. The van der Waals surface area contributed by atoms with Crippen LogP contribution in [0.25, 0.3) is 0 Å². The zero-order chi connectivity index (χ0) is 13.9. The fourth-order valence-electron chi connectivity index (χ4n) is 1.67. The third kappa shape index (κ3) is 4.15. The van der Waals surface area contributed by atoms with E-state index in [0.29, 0.717) is 17.1 Å². The molecule has 5 nitrogen and oxygen atoms in total. The van der Waals surface area contributed by atoms with Gasteiger partial charge in [-0.3, -0.25) is 4.31 Å². The summed E-state index contributed by atoms with van der Waals surface area (Å²) in [5.41, 5.74) is 6.08. The molecule has 7 heteroatoms. The van der Waals surface area contributed by atoms with E-state index in [1.165, 1.54) is 4.31 Å². The van der Waals surface area contributed by atoms with Crippen LogP contribution in [0.5, 0.6) is 0 Å². The summed E-state index contributed by atoms with van der Waals surface area (Å²) >= 11 is 4.82. The molecule has 0 radical (unpaired) electrons. The number of thiocarbonyl (C=S) groups is 1.